The van der Waals surface area contributed by atoms with E-state index in [0.29, 0.717) is 11.7 Å². The van der Waals surface area contributed by atoms with E-state index in [0.717, 1.165) is 5.75 Å². The maximum atomic E-state index is 11.8. The van der Waals surface area contributed by atoms with Gasteiger partial charge in [-0.1, -0.05) is 13.8 Å². The van der Waals surface area contributed by atoms with Crippen LogP contribution in [0.25, 0.3) is 0 Å². The molecule has 1 nitrogen and oxygen atoms in total. The zero-order chi connectivity index (χ0) is 11.2. The second-order valence-corrected chi connectivity index (χ2v) is 4.92. The minimum Gasteiger partial charge on any atom is -0.327 e. The first-order valence-electron chi connectivity index (χ1n) is 4.71. The van der Waals surface area contributed by atoms with Crippen molar-refractivity contribution in [1.82, 2.24) is 0 Å². The highest BCUT2D eigenvalue weighted by Crippen LogP contribution is 2.22. The highest BCUT2D eigenvalue weighted by molar-refractivity contribution is 7.99. The van der Waals surface area contributed by atoms with Crippen LogP contribution in [-0.2, 0) is 0 Å². The average molecular weight is 229 g/mol. The maximum Gasteiger partial charge on any atom is 0.389 e. The molecule has 0 aromatic carbocycles. The van der Waals surface area contributed by atoms with Crippen LogP contribution in [0.1, 0.15) is 26.7 Å². The SMILES string of the molecule is CC(C)CSCC(N)CCC(F)(F)F. The van der Waals surface area contributed by atoms with Gasteiger partial charge in [-0.25, -0.2) is 0 Å². The molecule has 0 radical (unpaired) electrons. The van der Waals surface area contributed by atoms with Crippen molar-refractivity contribution < 1.29 is 13.2 Å². The van der Waals surface area contributed by atoms with Gasteiger partial charge < -0.3 is 5.73 Å². The highest BCUT2D eigenvalue weighted by atomic mass is 32.2. The summed E-state index contributed by atoms with van der Waals surface area (Å²) in [5, 5.41) is 0. The zero-order valence-electron chi connectivity index (χ0n) is 8.60. The Labute approximate surface area is 87.6 Å². The predicted molar refractivity (Wildman–Crippen MR) is 55.4 cm³/mol. The van der Waals surface area contributed by atoms with Crippen LogP contribution in [0.5, 0.6) is 0 Å². The Morgan fingerprint density at radius 3 is 2.21 bits per heavy atom. The van der Waals surface area contributed by atoms with Crippen molar-refractivity contribution in [3.8, 4) is 0 Å². The lowest BCUT2D eigenvalue weighted by molar-refractivity contribution is -0.136. The topological polar surface area (TPSA) is 26.0 Å². The summed E-state index contributed by atoms with van der Waals surface area (Å²) in [6.07, 6.45) is -4.80. The molecule has 0 amide bonds. The van der Waals surface area contributed by atoms with Gasteiger partial charge in [-0.15, -0.1) is 0 Å². The van der Waals surface area contributed by atoms with Crippen LogP contribution < -0.4 is 5.73 Å². The molecule has 0 rings (SSSR count). The molecule has 0 saturated heterocycles. The Kier molecular flexibility index (Phi) is 6.61. The Morgan fingerprint density at radius 1 is 1.21 bits per heavy atom. The van der Waals surface area contributed by atoms with Gasteiger partial charge in [0.25, 0.3) is 0 Å². The van der Waals surface area contributed by atoms with Crippen LogP contribution in [0.2, 0.25) is 0 Å². The summed E-state index contributed by atoms with van der Waals surface area (Å²) >= 11 is 1.63. The van der Waals surface area contributed by atoms with E-state index < -0.39 is 12.6 Å². The van der Waals surface area contributed by atoms with E-state index in [2.05, 4.69) is 13.8 Å². The standard InChI is InChI=1S/C9H18F3NS/c1-7(2)5-14-6-8(13)3-4-9(10,11)12/h7-8H,3-6,13H2,1-2H3. The maximum absolute atomic E-state index is 11.8. The molecule has 1 atom stereocenters. The second-order valence-electron chi connectivity index (χ2n) is 3.85. The van der Waals surface area contributed by atoms with Crippen molar-refractivity contribution in [1.29, 1.82) is 0 Å². The molecule has 0 aromatic heterocycles. The van der Waals surface area contributed by atoms with Crippen molar-refractivity contribution in [2.75, 3.05) is 11.5 Å². The molecule has 0 heterocycles. The van der Waals surface area contributed by atoms with E-state index in [1.807, 2.05) is 0 Å². The molecule has 1 unspecified atom stereocenters. The van der Waals surface area contributed by atoms with Gasteiger partial charge in [-0.05, 0) is 18.1 Å². The van der Waals surface area contributed by atoms with Gasteiger partial charge in [0, 0.05) is 18.2 Å². The Balaban J connectivity index is 3.42. The van der Waals surface area contributed by atoms with E-state index in [1.165, 1.54) is 0 Å². The predicted octanol–water partition coefficient (Wildman–Crippen LogP) is 3.05. The molecule has 0 aliphatic carbocycles. The van der Waals surface area contributed by atoms with E-state index in [1.54, 1.807) is 11.8 Å². The van der Waals surface area contributed by atoms with E-state index >= 15 is 0 Å². The molecule has 0 fully saturated rings. The molecule has 14 heavy (non-hydrogen) atoms. The first-order valence-corrected chi connectivity index (χ1v) is 5.87. The Hall–Kier alpha value is 0.100. The number of alkyl halides is 3. The monoisotopic (exact) mass is 229 g/mol. The van der Waals surface area contributed by atoms with E-state index in [4.69, 9.17) is 5.73 Å². The number of nitrogens with two attached hydrogens (primary N) is 1. The number of hydrogen-bond acceptors (Lipinski definition) is 2. The first-order chi connectivity index (χ1) is 6.31. The van der Waals surface area contributed by atoms with E-state index in [-0.39, 0.29) is 12.5 Å². The molecule has 0 aliphatic heterocycles. The molecular formula is C9H18F3NS. The third kappa shape index (κ3) is 10.2. The molecule has 5 heteroatoms. The zero-order valence-corrected chi connectivity index (χ0v) is 9.42. The van der Waals surface area contributed by atoms with Gasteiger partial charge in [0.15, 0.2) is 0 Å². The van der Waals surface area contributed by atoms with Crippen LogP contribution in [0, 0.1) is 5.92 Å². The summed E-state index contributed by atoms with van der Waals surface area (Å²) in [6.45, 7) is 4.16. The van der Waals surface area contributed by atoms with E-state index in [9.17, 15) is 13.2 Å². The number of hydrogen-bond donors (Lipinski definition) is 1. The summed E-state index contributed by atoms with van der Waals surface area (Å²) in [7, 11) is 0. The number of halogens is 3. The fourth-order valence-corrected chi connectivity index (χ4v) is 1.96. The van der Waals surface area contributed by atoms with Crippen LogP contribution in [0.3, 0.4) is 0 Å². The van der Waals surface area contributed by atoms with Crippen LogP contribution in [0.4, 0.5) is 13.2 Å². The molecule has 2 N–H and O–H groups in total. The second kappa shape index (κ2) is 6.56. The normalized spacial score (nSPS) is 14.8. The third-order valence-electron chi connectivity index (χ3n) is 1.58. The quantitative estimate of drug-likeness (QED) is 0.757. The van der Waals surface area contributed by atoms with Crippen LogP contribution in [0.15, 0.2) is 0 Å². The third-order valence-corrected chi connectivity index (χ3v) is 3.15. The van der Waals surface area contributed by atoms with Crippen molar-refractivity contribution >= 4 is 11.8 Å². The summed E-state index contributed by atoms with van der Waals surface area (Å²) in [4.78, 5) is 0. The summed E-state index contributed by atoms with van der Waals surface area (Å²) in [6, 6.07) is -0.333. The van der Waals surface area contributed by atoms with Gasteiger partial charge in [-0.3, -0.25) is 0 Å². The highest BCUT2D eigenvalue weighted by Gasteiger charge is 2.27. The molecular weight excluding hydrogens is 211 g/mol. The lowest BCUT2D eigenvalue weighted by atomic mass is 10.2. The lowest BCUT2D eigenvalue weighted by Crippen LogP contribution is -2.25. The minimum atomic E-state index is -4.07. The van der Waals surface area contributed by atoms with Crippen molar-refractivity contribution in [2.45, 2.75) is 38.9 Å². The van der Waals surface area contributed by atoms with Gasteiger partial charge in [-0.2, -0.15) is 24.9 Å². The Morgan fingerprint density at radius 2 is 1.79 bits per heavy atom. The first kappa shape index (κ1) is 14.1. The molecule has 0 aromatic rings. The molecule has 0 saturated carbocycles. The van der Waals surface area contributed by atoms with Crippen LogP contribution in [-0.4, -0.2) is 23.7 Å². The van der Waals surface area contributed by atoms with Crippen molar-refractivity contribution in [3.05, 3.63) is 0 Å². The molecule has 0 aliphatic rings. The fourth-order valence-electron chi connectivity index (χ4n) is 0.888. The van der Waals surface area contributed by atoms with Crippen LogP contribution >= 0.6 is 11.8 Å². The largest absolute Gasteiger partial charge is 0.389 e. The summed E-state index contributed by atoms with van der Waals surface area (Å²) in [5.41, 5.74) is 5.55. The fraction of sp³-hybridized carbons (Fsp3) is 1.00. The minimum absolute atomic E-state index is 0.0363. The van der Waals surface area contributed by atoms with Gasteiger partial charge >= 0.3 is 6.18 Å². The van der Waals surface area contributed by atoms with Crippen molar-refractivity contribution in [3.63, 3.8) is 0 Å². The lowest BCUT2D eigenvalue weighted by Gasteiger charge is -2.13. The van der Waals surface area contributed by atoms with Gasteiger partial charge in [0.05, 0.1) is 0 Å². The molecule has 0 bridgehead atoms. The Bertz CT molecular complexity index is 147. The number of rotatable bonds is 6. The number of thioether (sulfide) groups is 1. The summed E-state index contributed by atoms with van der Waals surface area (Å²) in [5.74, 6) is 2.14. The smallest absolute Gasteiger partial charge is 0.327 e. The average Bonchev–Trinajstić information content (AvgIpc) is 1.99. The summed E-state index contributed by atoms with van der Waals surface area (Å²) < 4.78 is 35.4. The molecule has 86 valence electrons. The van der Waals surface area contributed by atoms with Gasteiger partial charge in [0.2, 0.25) is 0 Å². The molecule has 0 spiro atoms. The van der Waals surface area contributed by atoms with Gasteiger partial charge in [0.1, 0.15) is 0 Å². The van der Waals surface area contributed by atoms with Crippen molar-refractivity contribution in [2.24, 2.45) is 11.7 Å².